The van der Waals surface area contributed by atoms with Gasteiger partial charge in [-0.15, -0.1) is 11.3 Å². The molecule has 0 fully saturated rings. The fraction of sp³-hybridized carbons (Fsp3) is 0.143. The van der Waals surface area contributed by atoms with Crippen molar-refractivity contribution in [2.75, 3.05) is 13.7 Å². The minimum absolute atomic E-state index is 0.147. The fourth-order valence-electron chi connectivity index (χ4n) is 2.98. The number of hydrogen-bond acceptors (Lipinski definition) is 4. The number of benzene rings is 2. The van der Waals surface area contributed by atoms with Gasteiger partial charge < -0.3 is 15.0 Å². The van der Waals surface area contributed by atoms with Crippen molar-refractivity contribution in [2.24, 2.45) is 0 Å². The maximum absolute atomic E-state index is 12.4. The first-order chi connectivity index (χ1) is 13.2. The predicted molar refractivity (Wildman–Crippen MR) is 108 cm³/mol. The predicted octanol–water partition coefficient (Wildman–Crippen LogP) is 4.27. The summed E-state index contributed by atoms with van der Waals surface area (Å²) < 4.78 is 5.17. The number of carbonyl (C=O) groups is 1. The summed E-state index contributed by atoms with van der Waals surface area (Å²) in [5.74, 6) is 0.649. The Morgan fingerprint density at radius 3 is 2.81 bits per heavy atom. The van der Waals surface area contributed by atoms with Gasteiger partial charge in [-0.3, -0.25) is 4.79 Å². The molecule has 2 aromatic heterocycles. The highest BCUT2D eigenvalue weighted by Gasteiger charge is 2.12. The van der Waals surface area contributed by atoms with Gasteiger partial charge in [0.25, 0.3) is 5.91 Å². The molecule has 0 saturated heterocycles. The first-order valence-corrected chi connectivity index (χ1v) is 9.56. The number of H-pyrrole nitrogens is 1. The quantitative estimate of drug-likeness (QED) is 0.527. The van der Waals surface area contributed by atoms with Crippen LogP contribution in [0.3, 0.4) is 0 Å². The van der Waals surface area contributed by atoms with E-state index in [0.717, 1.165) is 28.3 Å². The molecular weight excluding hydrogens is 358 g/mol. The summed E-state index contributed by atoms with van der Waals surface area (Å²) >= 11 is 1.46. The van der Waals surface area contributed by atoms with Crippen LogP contribution in [0.5, 0.6) is 5.75 Å². The summed E-state index contributed by atoms with van der Waals surface area (Å²) in [7, 11) is 1.64. The molecule has 0 spiro atoms. The van der Waals surface area contributed by atoms with Crippen LogP contribution >= 0.6 is 11.3 Å². The van der Waals surface area contributed by atoms with Crippen molar-refractivity contribution < 1.29 is 9.53 Å². The first-order valence-electron chi connectivity index (χ1n) is 8.68. The standard InChI is InChI=1S/C21H19N3O2S/c1-26-16-8-6-14(7-9-16)21-24-19(13-27-21)20(25)22-11-10-15-12-23-18-5-3-2-4-17(15)18/h2-9,12-13,23H,10-11H2,1H3,(H,22,25). The Morgan fingerprint density at radius 1 is 1.19 bits per heavy atom. The summed E-state index contributed by atoms with van der Waals surface area (Å²) in [6.45, 7) is 0.566. The molecule has 0 bridgehead atoms. The number of amides is 1. The summed E-state index contributed by atoms with van der Waals surface area (Å²) in [5, 5.41) is 6.76. The molecule has 6 heteroatoms. The number of para-hydroxylation sites is 1. The maximum atomic E-state index is 12.4. The van der Waals surface area contributed by atoms with E-state index in [0.29, 0.717) is 12.2 Å². The van der Waals surface area contributed by atoms with Crippen molar-refractivity contribution in [1.82, 2.24) is 15.3 Å². The Hall–Kier alpha value is -3.12. The summed E-state index contributed by atoms with van der Waals surface area (Å²) in [6, 6.07) is 15.8. The van der Waals surface area contributed by atoms with E-state index in [1.165, 1.54) is 22.3 Å². The molecule has 2 heterocycles. The third kappa shape index (κ3) is 3.71. The second-order valence-electron chi connectivity index (χ2n) is 6.13. The van der Waals surface area contributed by atoms with Crippen LogP contribution in [0.25, 0.3) is 21.5 Å². The molecule has 4 rings (SSSR count). The molecule has 4 aromatic rings. The van der Waals surface area contributed by atoms with Gasteiger partial charge in [-0.05, 0) is 42.3 Å². The average molecular weight is 377 g/mol. The van der Waals surface area contributed by atoms with E-state index in [9.17, 15) is 4.79 Å². The van der Waals surface area contributed by atoms with E-state index in [1.54, 1.807) is 12.5 Å². The Morgan fingerprint density at radius 2 is 2.00 bits per heavy atom. The number of aromatic nitrogens is 2. The summed E-state index contributed by atoms with van der Waals surface area (Å²) in [5.41, 5.74) is 3.73. The van der Waals surface area contributed by atoms with Gasteiger partial charge in [0, 0.05) is 34.6 Å². The smallest absolute Gasteiger partial charge is 0.270 e. The van der Waals surface area contributed by atoms with Gasteiger partial charge in [0.15, 0.2) is 0 Å². The van der Waals surface area contributed by atoms with Gasteiger partial charge in [0.05, 0.1) is 7.11 Å². The van der Waals surface area contributed by atoms with Gasteiger partial charge in [-0.25, -0.2) is 4.98 Å². The van der Waals surface area contributed by atoms with Gasteiger partial charge in [0.1, 0.15) is 16.5 Å². The van der Waals surface area contributed by atoms with Crippen LogP contribution in [0.2, 0.25) is 0 Å². The van der Waals surface area contributed by atoms with Crippen LogP contribution < -0.4 is 10.1 Å². The van der Waals surface area contributed by atoms with Crippen LogP contribution in [0.1, 0.15) is 16.1 Å². The number of fused-ring (bicyclic) bond motifs is 1. The first kappa shape index (κ1) is 17.3. The zero-order valence-electron chi connectivity index (χ0n) is 14.9. The number of rotatable bonds is 6. The SMILES string of the molecule is COc1ccc(-c2nc(C(=O)NCCc3c[nH]c4ccccc34)cs2)cc1. The van der Waals surface area contributed by atoms with Crippen molar-refractivity contribution in [2.45, 2.75) is 6.42 Å². The summed E-state index contributed by atoms with van der Waals surface area (Å²) in [4.78, 5) is 20.1. The van der Waals surface area contributed by atoms with E-state index in [2.05, 4.69) is 21.4 Å². The lowest BCUT2D eigenvalue weighted by atomic mass is 10.1. The number of hydrogen-bond donors (Lipinski definition) is 2. The molecule has 0 unspecified atom stereocenters. The van der Waals surface area contributed by atoms with Crippen LogP contribution in [-0.2, 0) is 6.42 Å². The molecule has 5 nitrogen and oxygen atoms in total. The molecule has 27 heavy (non-hydrogen) atoms. The fourth-order valence-corrected chi connectivity index (χ4v) is 3.79. The van der Waals surface area contributed by atoms with Crippen LogP contribution in [0, 0.1) is 0 Å². The van der Waals surface area contributed by atoms with E-state index < -0.39 is 0 Å². The third-order valence-corrected chi connectivity index (χ3v) is 5.32. The monoisotopic (exact) mass is 377 g/mol. The normalized spacial score (nSPS) is 10.9. The molecular formula is C21H19N3O2S. The van der Waals surface area contributed by atoms with E-state index in [1.807, 2.05) is 48.7 Å². The molecule has 0 radical (unpaired) electrons. The van der Waals surface area contributed by atoms with Gasteiger partial charge in [-0.1, -0.05) is 18.2 Å². The highest BCUT2D eigenvalue weighted by atomic mass is 32.1. The average Bonchev–Trinajstić information content (AvgIpc) is 3.36. The number of ether oxygens (including phenoxy) is 1. The zero-order valence-corrected chi connectivity index (χ0v) is 15.7. The van der Waals surface area contributed by atoms with Crippen LogP contribution in [0.15, 0.2) is 60.1 Å². The maximum Gasteiger partial charge on any atom is 0.270 e. The topological polar surface area (TPSA) is 67.0 Å². The molecule has 2 aromatic carbocycles. The van der Waals surface area contributed by atoms with Gasteiger partial charge >= 0.3 is 0 Å². The molecule has 0 aliphatic heterocycles. The van der Waals surface area contributed by atoms with Crippen LogP contribution in [0.4, 0.5) is 0 Å². The van der Waals surface area contributed by atoms with E-state index in [-0.39, 0.29) is 5.91 Å². The highest BCUT2D eigenvalue weighted by Crippen LogP contribution is 2.25. The van der Waals surface area contributed by atoms with Crippen molar-refractivity contribution in [3.63, 3.8) is 0 Å². The second kappa shape index (κ2) is 7.63. The molecule has 0 saturated carbocycles. The van der Waals surface area contributed by atoms with Crippen molar-refractivity contribution in [3.8, 4) is 16.3 Å². The largest absolute Gasteiger partial charge is 0.497 e. The molecule has 2 N–H and O–H groups in total. The highest BCUT2D eigenvalue weighted by molar-refractivity contribution is 7.13. The second-order valence-corrected chi connectivity index (χ2v) is 6.99. The van der Waals surface area contributed by atoms with E-state index >= 15 is 0 Å². The molecule has 1 amide bonds. The number of thiazole rings is 1. The third-order valence-electron chi connectivity index (χ3n) is 4.43. The lowest BCUT2D eigenvalue weighted by Gasteiger charge is -2.03. The molecule has 0 aliphatic rings. The molecule has 0 atom stereocenters. The van der Waals surface area contributed by atoms with Crippen molar-refractivity contribution in [1.29, 1.82) is 0 Å². The number of carbonyl (C=O) groups excluding carboxylic acids is 1. The Labute approximate surface area is 161 Å². The lowest BCUT2D eigenvalue weighted by Crippen LogP contribution is -2.25. The van der Waals surface area contributed by atoms with Crippen molar-refractivity contribution in [3.05, 3.63) is 71.4 Å². The number of aromatic amines is 1. The van der Waals surface area contributed by atoms with Crippen LogP contribution in [-0.4, -0.2) is 29.5 Å². The Kier molecular flexibility index (Phi) is 4.89. The summed E-state index contributed by atoms with van der Waals surface area (Å²) in [6.07, 6.45) is 2.77. The number of methoxy groups -OCH3 is 1. The Balaban J connectivity index is 1.38. The van der Waals surface area contributed by atoms with E-state index in [4.69, 9.17) is 4.74 Å². The Bertz CT molecular complexity index is 1070. The molecule has 0 aliphatic carbocycles. The molecule has 136 valence electrons. The lowest BCUT2D eigenvalue weighted by molar-refractivity contribution is 0.0950. The number of nitrogens with one attached hydrogen (secondary N) is 2. The zero-order chi connectivity index (χ0) is 18.6. The number of nitrogens with zero attached hydrogens (tertiary/aromatic N) is 1. The van der Waals surface area contributed by atoms with Crippen molar-refractivity contribution >= 4 is 28.1 Å². The van der Waals surface area contributed by atoms with Gasteiger partial charge in [-0.2, -0.15) is 0 Å². The van der Waals surface area contributed by atoms with Gasteiger partial charge in [0.2, 0.25) is 0 Å². The minimum Gasteiger partial charge on any atom is -0.497 e. The minimum atomic E-state index is -0.147.